The fourth-order valence-electron chi connectivity index (χ4n) is 5.68. The molecule has 0 atom stereocenters. The first-order chi connectivity index (χ1) is 19.6. The minimum Gasteiger partial charge on any atom is -0.406 e. The largest absolute Gasteiger partial charge is 0.406 e. The molecule has 216 valence electrons. The van der Waals surface area contributed by atoms with Gasteiger partial charge in [0.15, 0.2) is 14.9 Å². The third-order valence-corrected chi connectivity index (χ3v) is 11.3. The Hall–Kier alpha value is -2.72. The van der Waals surface area contributed by atoms with Crippen molar-refractivity contribution in [2.45, 2.75) is 62.0 Å². The van der Waals surface area contributed by atoms with Crippen molar-refractivity contribution in [1.82, 2.24) is 5.01 Å². The smallest absolute Gasteiger partial charge is 0.284 e. The molecule has 9 heteroatoms. The molecule has 1 fully saturated rings. The van der Waals surface area contributed by atoms with Crippen LogP contribution in [0.5, 0.6) is 0 Å². The minimum absolute atomic E-state index is 0.0517. The lowest BCUT2D eigenvalue weighted by Crippen LogP contribution is -2.36. The van der Waals surface area contributed by atoms with E-state index < -0.39 is 25.4 Å². The van der Waals surface area contributed by atoms with Gasteiger partial charge in [-0.1, -0.05) is 118 Å². The molecule has 3 aromatic carbocycles. The highest BCUT2D eigenvalue weighted by Gasteiger charge is 2.40. The third-order valence-electron chi connectivity index (χ3n) is 7.78. The molecule has 1 heterocycles. The fraction of sp³-hybridized carbons (Fsp3) is 0.375. The lowest BCUT2D eigenvalue weighted by molar-refractivity contribution is 0.156. The zero-order chi connectivity index (χ0) is 29.1. The molecule has 1 aliphatic carbocycles. The molecule has 5 rings (SSSR count). The summed E-state index contributed by atoms with van der Waals surface area (Å²) in [5, 5.41) is 6.76. The van der Waals surface area contributed by atoms with E-state index in [4.69, 9.17) is 4.43 Å². The molecule has 0 aromatic heterocycles. The molecular formula is C32H39N3O3S2Si. The summed E-state index contributed by atoms with van der Waals surface area (Å²) in [4.78, 5) is 0.148. The van der Waals surface area contributed by atoms with Crippen LogP contribution in [0, 0.1) is 5.41 Å². The van der Waals surface area contributed by atoms with E-state index in [1.165, 1.54) is 24.6 Å². The van der Waals surface area contributed by atoms with Crippen LogP contribution in [0.2, 0.25) is 5.04 Å². The van der Waals surface area contributed by atoms with Gasteiger partial charge >= 0.3 is 0 Å². The van der Waals surface area contributed by atoms with Gasteiger partial charge in [-0.3, -0.25) is 0 Å². The number of hydrogen-bond acceptors (Lipinski definition) is 5. The molecule has 3 aromatic rings. The quantitative estimate of drug-likeness (QED) is 0.132. The average Bonchev–Trinajstić information content (AvgIpc) is 3.62. The van der Waals surface area contributed by atoms with Crippen LogP contribution < -0.4 is 0 Å². The topological polar surface area (TPSA) is 71.3 Å². The van der Waals surface area contributed by atoms with Gasteiger partial charge in [0.25, 0.3) is 10.0 Å². The first kappa shape index (κ1) is 29.8. The van der Waals surface area contributed by atoms with Crippen molar-refractivity contribution in [1.29, 1.82) is 0 Å². The Morgan fingerprint density at radius 3 is 1.95 bits per heavy atom. The van der Waals surface area contributed by atoms with Crippen molar-refractivity contribution in [3.63, 3.8) is 0 Å². The predicted octanol–water partition coefficient (Wildman–Crippen LogP) is 6.57. The van der Waals surface area contributed by atoms with E-state index in [2.05, 4.69) is 54.5 Å². The van der Waals surface area contributed by atoms with E-state index in [1.54, 1.807) is 17.1 Å². The highest BCUT2D eigenvalue weighted by molar-refractivity contribution is 8.13. The molecule has 0 saturated heterocycles. The summed E-state index contributed by atoms with van der Waals surface area (Å²) in [6.45, 7) is 7.30. The zero-order valence-electron chi connectivity index (χ0n) is 24.3. The minimum atomic E-state index is -3.95. The van der Waals surface area contributed by atoms with E-state index in [0.717, 1.165) is 29.5 Å². The maximum Gasteiger partial charge on any atom is 0.284 e. The summed E-state index contributed by atoms with van der Waals surface area (Å²) in [6, 6.07) is 27.4. The summed E-state index contributed by atoms with van der Waals surface area (Å²) >= 11 is 1.31. The van der Waals surface area contributed by atoms with E-state index in [-0.39, 0.29) is 15.3 Å². The number of benzene rings is 3. The van der Waals surface area contributed by atoms with Gasteiger partial charge in [-0.2, -0.15) is 13.5 Å². The first-order valence-corrected chi connectivity index (χ1v) is 18.1. The van der Waals surface area contributed by atoms with E-state index in [9.17, 15) is 8.42 Å². The molecule has 6 nitrogen and oxygen atoms in total. The van der Waals surface area contributed by atoms with E-state index >= 15 is 0 Å². The van der Waals surface area contributed by atoms with E-state index in [0.29, 0.717) is 11.7 Å². The predicted molar refractivity (Wildman–Crippen MR) is 173 cm³/mol. The van der Waals surface area contributed by atoms with Gasteiger partial charge in [-0.25, -0.2) is 5.01 Å². The lowest BCUT2D eigenvalue weighted by Gasteiger charge is -2.38. The number of hydrazone groups is 1. The van der Waals surface area contributed by atoms with Crippen LogP contribution in [-0.2, 0) is 20.1 Å². The molecular weight excluding hydrogens is 567 g/mol. The van der Waals surface area contributed by atoms with Crippen LogP contribution >= 0.6 is 11.8 Å². The Morgan fingerprint density at radius 1 is 0.902 bits per heavy atom. The summed E-state index contributed by atoms with van der Waals surface area (Å²) in [7, 11) is -4.97. The maximum absolute atomic E-state index is 13.5. The number of amidine groups is 1. The van der Waals surface area contributed by atoms with Crippen molar-refractivity contribution in [2.75, 3.05) is 12.8 Å². The lowest BCUT2D eigenvalue weighted by atomic mass is 9.80. The molecule has 2 aliphatic rings. The van der Waals surface area contributed by atoms with Gasteiger partial charge in [0, 0.05) is 11.6 Å². The maximum atomic E-state index is 13.5. The number of sulfonamides is 1. The second-order valence-corrected chi connectivity index (χ2v) is 17.3. The zero-order valence-corrected chi connectivity index (χ0v) is 27.3. The van der Waals surface area contributed by atoms with Gasteiger partial charge in [0.05, 0.1) is 11.4 Å². The third kappa shape index (κ3) is 6.38. The van der Waals surface area contributed by atoms with Crippen molar-refractivity contribution in [2.24, 2.45) is 14.9 Å². The Morgan fingerprint density at radius 2 is 1.44 bits per heavy atom. The Labute approximate surface area is 251 Å². The highest BCUT2D eigenvalue weighted by Crippen LogP contribution is 2.43. The van der Waals surface area contributed by atoms with Gasteiger partial charge in [-0.05, 0) is 53.0 Å². The molecule has 0 radical (unpaired) electrons. The average molecular weight is 606 g/mol. The second-order valence-electron chi connectivity index (χ2n) is 12.2. The summed E-state index contributed by atoms with van der Waals surface area (Å²) in [5.41, 5.74) is 2.09. The first-order valence-electron chi connectivity index (χ1n) is 14.1. The number of nitrogens with zero attached hydrogens (tertiary/aromatic N) is 3. The Kier molecular flexibility index (Phi) is 8.62. The molecule has 0 bridgehead atoms. The highest BCUT2D eigenvalue weighted by atomic mass is 32.2. The number of hydrogen-bond donors (Lipinski definition) is 0. The van der Waals surface area contributed by atoms with Crippen molar-refractivity contribution in [3.05, 3.63) is 102 Å². The van der Waals surface area contributed by atoms with Crippen LogP contribution in [-0.4, -0.2) is 47.4 Å². The fourth-order valence-corrected chi connectivity index (χ4v) is 8.63. The normalized spacial score (nSPS) is 17.8. The van der Waals surface area contributed by atoms with Crippen LogP contribution in [0.15, 0.2) is 99.3 Å². The molecule has 0 unspecified atom stereocenters. The van der Waals surface area contributed by atoms with Crippen molar-refractivity contribution in [3.8, 4) is 0 Å². The van der Waals surface area contributed by atoms with Crippen molar-refractivity contribution >= 4 is 42.9 Å². The van der Waals surface area contributed by atoms with Crippen molar-refractivity contribution < 1.29 is 12.8 Å². The van der Waals surface area contributed by atoms with Gasteiger partial charge in [0.2, 0.25) is 0 Å². The Balaban J connectivity index is 1.52. The van der Waals surface area contributed by atoms with Crippen LogP contribution in [0.25, 0.3) is 0 Å². The molecule has 1 spiro atoms. The van der Waals surface area contributed by atoms with Crippen LogP contribution in [0.1, 0.15) is 63.1 Å². The van der Waals surface area contributed by atoms with Crippen LogP contribution in [0.3, 0.4) is 0 Å². The van der Waals surface area contributed by atoms with Gasteiger partial charge in [0.1, 0.15) is 5.60 Å². The second kappa shape index (κ2) is 11.9. The molecule has 0 amide bonds. The summed E-state index contributed by atoms with van der Waals surface area (Å²) in [6.07, 6.45) is 8.40. The molecule has 1 saturated carbocycles. The summed E-state index contributed by atoms with van der Waals surface area (Å²) < 4.78 is 38.3. The summed E-state index contributed by atoms with van der Waals surface area (Å²) in [5.74, 6) is 0. The molecule has 0 N–H and O–H groups in total. The van der Waals surface area contributed by atoms with Gasteiger partial charge in [-0.15, -0.1) is 4.40 Å². The standard InChI is InChI=1S/C32H39N3O3S2Si/c1-30(2,3)41-38-32(25-13-7-5-8-14-25,26-15-9-6-10-16-26)27-17-19-28(20-18-27)40(36,37)34-29(39-4)35-24-31(23-33-35)21-11-12-22-31/h5-10,13-20,23H,11-12,21-22,24,41H2,1-4H3. The Bertz CT molecular complexity index is 1460. The number of rotatable bonds is 7. The number of thioether (sulfide) groups is 1. The SMILES string of the molecule is CSC(=NS(=O)(=O)c1ccc(C(O[SiH2]C(C)(C)C)(c2ccccc2)c2ccccc2)cc1)N1CC2(C=N1)CCCC2. The monoisotopic (exact) mass is 605 g/mol. The molecule has 41 heavy (non-hydrogen) atoms. The van der Waals surface area contributed by atoms with Gasteiger partial charge < -0.3 is 4.43 Å². The van der Waals surface area contributed by atoms with Crippen LogP contribution in [0.4, 0.5) is 0 Å². The van der Waals surface area contributed by atoms with E-state index in [1.807, 2.05) is 61.0 Å². The molecule has 1 aliphatic heterocycles.